The topological polar surface area (TPSA) is 126 Å². The molecule has 0 aromatic heterocycles. The molecular weight excluding hydrogens is 236 g/mol. The van der Waals surface area contributed by atoms with E-state index in [1.165, 1.54) is 6.92 Å². The molecule has 17 heavy (non-hydrogen) atoms. The Kier molecular flexibility index (Phi) is 3.10. The van der Waals surface area contributed by atoms with Crippen LogP contribution in [0, 0.1) is 0 Å². The molecule has 0 spiro atoms. The monoisotopic (exact) mass is 250 g/mol. The number of carboxylic acids is 1. The second-order valence-electron chi connectivity index (χ2n) is 4.19. The average Bonchev–Trinajstić information content (AvgIpc) is 2.77. The van der Waals surface area contributed by atoms with Crippen molar-refractivity contribution < 1.29 is 39.4 Å². The maximum atomic E-state index is 10.8. The lowest BCUT2D eigenvalue weighted by atomic mass is 10.1. The number of ether oxygens (including phenoxy) is 3. The Morgan fingerprint density at radius 1 is 1.29 bits per heavy atom. The van der Waals surface area contributed by atoms with Gasteiger partial charge in [0.2, 0.25) is 0 Å². The van der Waals surface area contributed by atoms with Crippen molar-refractivity contribution in [1.82, 2.24) is 0 Å². The van der Waals surface area contributed by atoms with Gasteiger partial charge in [0.15, 0.2) is 6.29 Å². The molecule has 6 atom stereocenters. The molecule has 2 heterocycles. The molecule has 0 aliphatic carbocycles. The summed E-state index contributed by atoms with van der Waals surface area (Å²) in [6.45, 7) is 1.12. The first-order chi connectivity index (χ1) is 7.85. The first kappa shape index (κ1) is 12.7. The summed E-state index contributed by atoms with van der Waals surface area (Å²) in [7, 11) is 0. The molecule has 4 N–H and O–H groups in total. The molecule has 1 unspecified atom stereocenters. The normalized spacial score (nSPS) is 50.7. The predicted octanol–water partition coefficient (Wildman–Crippen LogP) is -2.36. The average molecular weight is 250 g/mol. The highest BCUT2D eigenvalue weighted by molar-refractivity contribution is 5.75. The molecule has 0 saturated carbocycles. The largest absolute Gasteiger partial charge is 0.477 e. The van der Waals surface area contributed by atoms with Crippen LogP contribution < -0.4 is 0 Å². The number of aliphatic hydroxyl groups excluding tert-OH is 3. The first-order valence-electron chi connectivity index (χ1n) is 5.10. The van der Waals surface area contributed by atoms with Gasteiger partial charge in [0.1, 0.15) is 24.4 Å². The smallest absolute Gasteiger partial charge is 0.364 e. The van der Waals surface area contributed by atoms with Crippen molar-refractivity contribution in [3.05, 3.63) is 0 Å². The Morgan fingerprint density at radius 2 is 1.94 bits per heavy atom. The second kappa shape index (κ2) is 4.16. The fraction of sp³-hybridized carbons (Fsp3) is 0.889. The van der Waals surface area contributed by atoms with Crippen LogP contribution in [0.1, 0.15) is 6.92 Å². The summed E-state index contributed by atoms with van der Waals surface area (Å²) in [6, 6.07) is 0. The van der Waals surface area contributed by atoms with Gasteiger partial charge in [-0.15, -0.1) is 0 Å². The summed E-state index contributed by atoms with van der Waals surface area (Å²) >= 11 is 0. The maximum absolute atomic E-state index is 10.8. The lowest BCUT2D eigenvalue weighted by molar-refractivity contribution is -0.208. The predicted molar refractivity (Wildman–Crippen MR) is 49.8 cm³/mol. The summed E-state index contributed by atoms with van der Waals surface area (Å²) in [6.07, 6.45) is -6.20. The zero-order valence-electron chi connectivity index (χ0n) is 9.02. The van der Waals surface area contributed by atoms with E-state index in [1.807, 2.05) is 0 Å². The van der Waals surface area contributed by atoms with E-state index in [1.54, 1.807) is 0 Å². The summed E-state index contributed by atoms with van der Waals surface area (Å²) < 4.78 is 15.0. The van der Waals surface area contributed by atoms with E-state index >= 15 is 0 Å². The van der Waals surface area contributed by atoms with Crippen molar-refractivity contribution in [2.24, 2.45) is 0 Å². The molecule has 0 amide bonds. The van der Waals surface area contributed by atoms with Crippen LogP contribution in [-0.4, -0.2) is 69.5 Å². The van der Waals surface area contributed by atoms with Gasteiger partial charge in [-0.2, -0.15) is 0 Å². The van der Waals surface area contributed by atoms with E-state index in [4.69, 9.17) is 19.3 Å². The van der Waals surface area contributed by atoms with Gasteiger partial charge in [-0.25, -0.2) is 4.79 Å². The molecule has 2 saturated heterocycles. The van der Waals surface area contributed by atoms with Crippen LogP contribution in [0.3, 0.4) is 0 Å². The molecule has 0 aromatic rings. The van der Waals surface area contributed by atoms with Crippen LogP contribution in [0.5, 0.6) is 0 Å². The number of aliphatic carboxylic acids is 1. The molecular formula is C9H14O8. The molecule has 98 valence electrons. The third-order valence-electron chi connectivity index (χ3n) is 2.93. The summed E-state index contributed by atoms with van der Waals surface area (Å²) in [5.41, 5.74) is 0. The van der Waals surface area contributed by atoms with Gasteiger partial charge in [-0.05, 0) is 0 Å². The van der Waals surface area contributed by atoms with E-state index in [0.29, 0.717) is 0 Å². The highest BCUT2D eigenvalue weighted by Crippen LogP contribution is 2.31. The quantitative estimate of drug-likeness (QED) is 0.429. The second-order valence-corrected chi connectivity index (χ2v) is 4.19. The molecule has 0 bridgehead atoms. The fourth-order valence-electron chi connectivity index (χ4n) is 1.86. The molecule has 8 nitrogen and oxygen atoms in total. The van der Waals surface area contributed by atoms with Crippen LogP contribution in [-0.2, 0) is 19.0 Å². The number of carbonyl (C=O) groups is 1. The lowest BCUT2D eigenvalue weighted by Gasteiger charge is -2.22. The SMILES string of the molecule is CC1(C(=O)O)OC[C@H]([C@@H]2O[C@@H](O)[C@H](O)[C@H]2O)O1. The van der Waals surface area contributed by atoms with Gasteiger partial charge >= 0.3 is 5.97 Å². The molecule has 0 radical (unpaired) electrons. The fourth-order valence-corrected chi connectivity index (χ4v) is 1.86. The van der Waals surface area contributed by atoms with E-state index in [2.05, 4.69) is 0 Å². The Hall–Kier alpha value is -0.770. The Labute approximate surface area is 96.3 Å². The van der Waals surface area contributed by atoms with Crippen molar-refractivity contribution in [1.29, 1.82) is 0 Å². The van der Waals surface area contributed by atoms with Gasteiger partial charge in [-0.3, -0.25) is 0 Å². The standard InChI is InChI=1S/C9H14O8/c1-9(8(13)14)15-2-3(17-9)6-4(10)5(11)7(12)16-6/h3-7,10-12H,2H2,1H3,(H,13,14)/t3-,4-,5-,6+,7-,9?/m1/s1. The Morgan fingerprint density at radius 3 is 2.35 bits per heavy atom. The van der Waals surface area contributed by atoms with Crippen LogP contribution in [0.2, 0.25) is 0 Å². The number of aliphatic hydroxyl groups is 3. The molecule has 2 rings (SSSR count). The maximum Gasteiger partial charge on any atom is 0.364 e. The van der Waals surface area contributed by atoms with Crippen molar-refractivity contribution in [2.75, 3.05) is 6.61 Å². The minimum atomic E-state index is -1.80. The van der Waals surface area contributed by atoms with Gasteiger partial charge in [-0.1, -0.05) is 0 Å². The van der Waals surface area contributed by atoms with Gasteiger partial charge in [0, 0.05) is 6.92 Å². The third kappa shape index (κ3) is 2.03. The van der Waals surface area contributed by atoms with E-state index in [0.717, 1.165) is 0 Å². The van der Waals surface area contributed by atoms with Gasteiger partial charge < -0.3 is 34.6 Å². The van der Waals surface area contributed by atoms with Gasteiger partial charge in [0.05, 0.1) is 6.61 Å². The lowest BCUT2D eigenvalue weighted by Crippen LogP contribution is -2.42. The first-order valence-corrected chi connectivity index (χ1v) is 5.10. The third-order valence-corrected chi connectivity index (χ3v) is 2.93. The van der Waals surface area contributed by atoms with Crippen molar-refractivity contribution in [2.45, 2.75) is 43.4 Å². The Bertz CT molecular complexity index is 320. The van der Waals surface area contributed by atoms with E-state index in [-0.39, 0.29) is 6.61 Å². The van der Waals surface area contributed by atoms with E-state index in [9.17, 15) is 20.1 Å². The summed E-state index contributed by atoms with van der Waals surface area (Å²) in [5.74, 6) is -3.10. The summed E-state index contributed by atoms with van der Waals surface area (Å²) in [5, 5.41) is 36.9. The molecule has 8 heteroatoms. The van der Waals surface area contributed by atoms with Crippen LogP contribution in [0.4, 0.5) is 0 Å². The minimum Gasteiger partial charge on any atom is -0.477 e. The van der Waals surface area contributed by atoms with Crippen LogP contribution in [0.15, 0.2) is 0 Å². The number of hydrogen-bond acceptors (Lipinski definition) is 7. The summed E-state index contributed by atoms with van der Waals surface area (Å²) in [4.78, 5) is 10.8. The van der Waals surface area contributed by atoms with Gasteiger partial charge in [0.25, 0.3) is 5.79 Å². The highest BCUT2D eigenvalue weighted by atomic mass is 16.8. The van der Waals surface area contributed by atoms with Crippen molar-refractivity contribution in [3.63, 3.8) is 0 Å². The molecule has 2 aliphatic heterocycles. The van der Waals surface area contributed by atoms with E-state index < -0.39 is 42.5 Å². The number of rotatable bonds is 2. The molecule has 2 aliphatic rings. The zero-order valence-corrected chi connectivity index (χ0v) is 9.02. The van der Waals surface area contributed by atoms with Crippen molar-refractivity contribution in [3.8, 4) is 0 Å². The number of hydrogen-bond donors (Lipinski definition) is 4. The van der Waals surface area contributed by atoms with Crippen LogP contribution >= 0.6 is 0 Å². The highest BCUT2D eigenvalue weighted by Gasteiger charge is 2.53. The molecule has 0 aromatic carbocycles. The van der Waals surface area contributed by atoms with Crippen molar-refractivity contribution >= 4 is 5.97 Å². The molecule has 2 fully saturated rings. The number of carboxylic acid groups (broad SMARTS) is 1. The Balaban J connectivity index is 2.05. The zero-order chi connectivity index (χ0) is 12.8. The minimum absolute atomic E-state index is 0.107. The van der Waals surface area contributed by atoms with Crippen LogP contribution in [0.25, 0.3) is 0 Å².